The van der Waals surface area contributed by atoms with Crippen molar-refractivity contribution >= 4 is 43.4 Å². The molecule has 1 aromatic heterocycles. The Labute approximate surface area is 262 Å². The van der Waals surface area contributed by atoms with Crippen molar-refractivity contribution in [2.24, 2.45) is 0 Å². The minimum atomic E-state index is 1.16. The van der Waals surface area contributed by atoms with E-state index in [4.69, 9.17) is 0 Å². The van der Waals surface area contributed by atoms with Crippen molar-refractivity contribution in [2.75, 3.05) is 0 Å². The summed E-state index contributed by atoms with van der Waals surface area (Å²) in [5.41, 5.74) is 11.0. The Kier molecular flexibility index (Phi) is 5.89. The zero-order valence-electron chi connectivity index (χ0n) is 24.7. The summed E-state index contributed by atoms with van der Waals surface area (Å²) in [6.45, 7) is 0. The van der Waals surface area contributed by atoms with Crippen LogP contribution in [0.4, 0.5) is 0 Å². The molecule has 0 aliphatic carbocycles. The maximum Gasteiger partial charge on any atom is 0.0547 e. The Morgan fingerprint density at radius 1 is 0.289 bits per heavy atom. The van der Waals surface area contributed by atoms with Gasteiger partial charge in [0.25, 0.3) is 0 Å². The SMILES string of the molecule is c1ccc2cc(-c3ccc(-c4ccc5c6ccccc6n(-c6ccc(-c7cccc8ccccc78)cc6)c5c4)cc3)ccc2c1. The summed E-state index contributed by atoms with van der Waals surface area (Å²) in [4.78, 5) is 0. The summed E-state index contributed by atoms with van der Waals surface area (Å²) in [6.07, 6.45) is 0. The minimum Gasteiger partial charge on any atom is -0.309 e. The van der Waals surface area contributed by atoms with Crippen molar-refractivity contribution < 1.29 is 0 Å². The second kappa shape index (κ2) is 10.4. The molecule has 0 saturated carbocycles. The number of fused-ring (bicyclic) bond motifs is 5. The topological polar surface area (TPSA) is 4.93 Å². The van der Waals surface area contributed by atoms with Gasteiger partial charge in [0.1, 0.15) is 0 Å². The summed E-state index contributed by atoms with van der Waals surface area (Å²) >= 11 is 0. The van der Waals surface area contributed by atoms with Crippen molar-refractivity contribution in [2.45, 2.75) is 0 Å². The first-order valence-corrected chi connectivity index (χ1v) is 15.5. The molecular weight excluding hydrogens is 542 g/mol. The molecule has 1 heteroatoms. The van der Waals surface area contributed by atoms with Crippen molar-refractivity contribution in [3.8, 4) is 39.1 Å². The van der Waals surface area contributed by atoms with Crippen molar-refractivity contribution in [3.05, 3.63) is 176 Å². The second-order valence-electron chi connectivity index (χ2n) is 11.8. The molecule has 0 unspecified atom stereocenters. The highest BCUT2D eigenvalue weighted by molar-refractivity contribution is 6.10. The van der Waals surface area contributed by atoms with Crippen LogP contribution in [0.1, 0.15) is 0 Å². The molecule has 9 rings (SSSR count). The molecular formula is C44H29N. The molecule has 0 amide bonds. The number of hydrogen-bond acceptors (Lipinski definition) is 0. The van der Waals surface area contributed by atoms with Gasteiger partial charge in [-0.3, -0.25) is 0 Å². The first kappa shape index (κ1) is 25.6. The highest BCUT2D eigenvalue weighted by atomic mass is 15.0. The van der Waals surface area contributed by atoms with E-state index >= 15 is 0 Å². The second-order valence-corrected chi connectivity index (χ2v) is 11.8. The molecule has 1 heterocycles. The van der Waals surface area contributed by atoms with Gasteiger partial charge in [-0.1, -0.05) is 146 Å². The Balaban J connectivity index is 1.13. The fourth-order valence-electron chi connectivity index (χ4n) is 6.92. The van der Waals surface area contributed by atoms with E-state index in [9.17, 15) is 0 Å². The molecule has 0 N–H and O–H groups in total. The van der Waals surface area contributed by atoms with Crippen molar-refractivity contribution in [1.82, 2.24) is 4.57 Å². The number of aromatic nitrogens is 1. The minimum absolute atomic E-state index is 1.16. The van der Waals surface area contributed by atoms with Crippen LogP contribution >= 0.6 is 0 Å². The van der Waals surface area contributed by atoms with Crippen LogP contribution in [0.3, 0.4) is 0 Å². The largest absolute Gasteiger partial charge is 0.309 e. The van der Waals surface area contributed by atoms with Crippen LogP contribution in [0.25, 0.3) is 82.4 Å². The molecule has 9 aromatic rings. The van der Waals surface area contributed by atoms with Gasteiger partial charge in [0.05, 0.1) is 11.0 Å². The van der Waals surface area contributed by atoms with Crippen LogP contribution < -0.4 is 0 Å². The van der Waals surface area contributed by atoms with E-state index in [1.165, 1.54) is 76.7 Å². The van der Waals surface area contributed by atoms with Gasteiger partial charge < -0.3 is 4.57 Å². The Bertz CT molecular complexity index is 2510. The van der Waals surface area contributed by atoms with Crippen LogP contribution in [-0.2, 0) is 0 Å². The molecule has 0 bridgehead atoms. The summed E-state index contributed by atoms with van der Waals surface area (Å²) in [7, 11) is 0. The van der Waals surface area contributed by atoms with Crippen LogP contribution in [0.5, 0.6) is 0 Å². The van der Waals surface area contributed by atoms with E-state index in [-0.39, 0.29) is 0 Å². The molecule has 0 radical (unpaired) electrons. The number of nitrogens with zero attached hydrogens (tertiary/aromatic N) is 1. The van der Waals surface area contributed by atoms with Crippen molar-refractivity contribution in [3.63, 3.8) is 0 Å². The third-order valence-corrected chi connectivity index (χ3v) is 9.20. The number of rotatable bonds is 4. The molecule has 45 heavy (non-hydrogen) atoms. The van der Waals surface area contributed by atoms with E-state index in [0.29, 0.717) is 0 Å². The summed E-state index contributed by atoms with van der Waals surface area (Å²) in [5.74, 6) is 0. The number of benzene rings is 8. The highest BCUT2D eigenvalue weighted by Gasteiger charge is 2.14. The zero-order chi connectivity index (χ0) is 29.7. The van der Waals surface area contributed by atoms with E-state index < -0.39 is 0 Å². The lowest BCUT2D eigenvalue weighted by Gasteiger charge is -2.12. The predicted molar refractivity (Wildman–Crippen MR) is 192 cm³/mol. The lowest BCUT2D eigenvalue weighted by atomic mass is 9.98. The van der Waals surface area contributed by atoms with Gasteiger partial charge in [-0.2, -0.15) is 0 Å². The van der Waals surface area contributed by atoms with Gasteiger partial charge in [-0.15, -0.1) is 0 Å². The molecule has 1 nitrogen and oxygen atoms in total. The van der Waals surface area contributed by atoms with Gasteiger partial charge in [0.15, 0.2) is 0 Å². The number of hydrogen-bond donors (Lipinski definition) is 0. The van der Waals surface area contributed by atoms with Gasteiger partial charge in [-0.05, 0) is 85.3 Å². The predicted octanol–water partition coefficient (Wildman–Crippen LogP) is 12.1. The monoisotopic (exact) mass is 571 g/mol. The van der Waals surface area contributed by atoms with Gasteiger partial charge in [0.2, 0.25) is 0 Å². The fourth-order valence-corrected chi connectivity index (χ4v) is 6.92. The maximum absolute atomic E-state index is 2.41. The fraction of sp³-hybridized carbons (Fsp3) is 0. The van der Waals surface area contributed by atoms with Crippen molar-refractivity contribution in [1.29, 1.82) is 0 Å². The average molecular weight is 572 g/mol. The molecule has 210 valence electrons. The molecule has 0 aliphatic heterocycles. The Morgan fingerprint density at radius 3 is 1.64 bits per heavy atom. The Morgan fingerprint density at radius 2 is 0.844 bits per heavy atom. The Hall–Kier alpha value is -5.92. The quantitative estimate of drug-likeness (QED) is 0.198. The maximum atomic E-state index is 2.41. The van der Waals surface area contributed by atoms with Gasteiger partial charge in [0, 0.05) is 16.5 Å². The normalized spacial score (nSPS) is 11.6. The standard InChI is InChI=1S/C44H29N/c1-2-10-35-28-36(21-20-30(35)8-1)31-16-18-32(19-17-31)37-24-27-42-41-13-5-6-15-43(41)45(44(42)29-37)38-25-22-34(23-26-38)40-14-7-11-33-9-3-4-12-39(33)40/h1-29H. The molecule has 0 saturated heterocycles. The molecule has 0 aliphatic rings. The van der Waals surface area contributed by atoms with Gasteiger partial charge in [-0.25, -0.2) is 0 Å². The molecule has 0 spiro atoms. The summed E-state index contributed by atoms with van der Waals surface area (Å²) in [6, 6.07) is 64.0. The van der Waals surface area contributed by atoms with Crippen LogP contribution in [0.15, 0.2) is 176 Å². The third kappa shape index (κ3) is 4.32. The van der Waals surface area contributed by atoms with Crippen LogP contribution in [0.2, 0.25) is 0 Å². The van der Waals surface area contributed by atoms with E-state index in [2.05, 4.69) is 180 Å². The lowest BCUT2D eigenvalue weighted by molar-refractivity contribution is 1.18. The van der Waals surface area contributed by atoms with Gasteiger partial charge >= 0.3 is 0 Å². The average Bonchev–Trinajstić information content (AvgIpc) is 3.45. The zero-order valence-corrected chi connectivity index (χ0v) is 24.7. The molecule has 0 atom stereocenters. The first-order valence-electron chi connectivity index (χ1n) is 15.5. The smallest absolute Gasteiger partial charge is 0.0547 e. The molecule has 0 fully saturated rings. The van der Waals surface area contributed by atoms with Crippen LogP contribution in [0, 0.1) is 0 Å². The third-order valence-electron chi connectivity index (χ3n) is 9.20. The van der Waals surface area contributed by atoms with E-state index in [1.54, 1.807) is 0 Å². The number of para-hydroxylation sites is 1. The highest BCUT2D eigenvalue weighted by Crippen LogP contribution is 2.36. The lowest BCUT2D eigenvalue weighted by Crippen LogP contribution is -1.94. The van der Waals surface area contributed by atoms with E-state index in [0.717, 1.165) is 5.69 Å². The van der Waals surface area contributed by atoms with E-state index in [1.807, 2.05) is 0 Å². The first-order chi connectivity index (χ1) is 22.3. The summed E-state index contributed by atoms with van der Waals surface area (Å²) < 4.78 is 2.41. The molecule has 8 aromatic carbocycles. The van der Waals surface area contributed by atoms with Crippen LogP contribution in [-0.4, -0.2) is 4.57 Å². The summed E-state index contributed by atoms with van der Waals surface area (Å²) in [5, 5.41) is 7.61.